The van der Waals surface area contributed by atoms with Crippen LogP contribution in [0.1, 0.15) is 0 Å². The van der Waals surface area contributed by atoms with E-state index in [9.17, 15) is 4.79 Å². The van der Waals surface area contributed by atoms with Crippen LogP contribution in [0.2, 0.25) is 0 Å². The third kappa shape index (κ3) is 1.89. The third-order valence-electron chi connectivity index (χ3n) is 0.875. The van der Waals surface area contributed by atoms with Crippen molar-refractivity contribution in [3.63, 3.8) is 0 Å². The molecule has 0 fully saturated rings. The molecule has 0 atom stereocenters. The Kier molecular flexibility index (Phi) is 2.53. The lowest BCUT2D eigenvalue weighted by Crippen LogP contribution is -2.09. The first-order valence-electron chi connectivity index (χ1n) is 2.62. The second-order valence-electron chi connectivity index (χ2n) is 1.58. The van der Waals surface area contributed by atoms with Crippen LogP contribution in [-0.4, -0.2) is 11.3 Å². The largest absolute Gasteiger partial charge is 0.313 e. The van der Waals surface area contributed by atoms with E-state index in [1.807, 2.05) is 17.5 Å². The van der Waals surface area contributed by atoms with Gasteiger partial charge in [0.1, 0.15) is 0 Å². The first-order chi connectivity index (χ1) is 4.83. The number of thiophene rings is 1. The molecule has 10 heavy (non-hydrogen) atoms. The summed E-state index contributed by atoms with van der Waals surface area (Å²) in [5.74, 6) is -0.238. The first-order valence-corrected chi connectivity index (χ1v) is 3.97. The lowest BCUT2D eigenvalue weighted by Gasteiger charge is -1.92. The van der Waals surface area contributed by atoms with Gasteiger partial charge in [-0.05, 0) is 17.5 Å². The fraction of sp³-hybridized carbons (Fsp3) is 0. The fourth-order valence-electron chi connectivity index (χ4n) is 0.501. The van der Waals surface area contributed by atoms with Crippen LogP contribution in [0, 0.1) is 0 Å². The van der Waals surface area contributed by atoms with Crippen molar-refractivity contribution < 1.29 is 4.79 Å². The van der Waals surface area contributed by atoms with Gasteiger partial charge in [0.15, 0.2) is 0 Å². The van der Waals surface area contributed by atoms with Gasteiger partial charge in [-0.1, -0.05) is 12.2 Å². The third-order valence-corrected chi connectivity index (χ3v) is 1.87. The maximum Gasteiger partial charge on any atom is 0.259 e. The minimum Gasteiger partial charge on any atom is -0.313 e. The molecule has 0 aliphatic rings. The number of amides is 1. The van der Waals surface area contributed by atoms with Crippen molar-refractivity contribution in [3.05, 3.63) is 17.5 Å². The summed E-state index contributed by atoms with van der Waals surface area (Å²) in [4.78, 5) is 10.6. The zero-order valence-electron chi connectivity index (χ0n) is 5.03. The Hall–Kier alpha value is -0.740. The molecule has 0 radical (unpaired) electrons. The second kappa shape index (κ2) is 3.43. The Bertz CT molecular complexity index is 230. The molecular weight excluding hydrogens is 166 g/mol. The van der Waals surface area contributed by atoms with E-state index in [1.165, 1.54) is 11.3 Å². The molecule has 1 N–H and O–H groups in total. The summed E-state index contributed by atoms with van der Waals surface area (Å²) in [6.45, 7) is 0. The van der Waals surface area contributed by atoms with Gasteiger partial charge < -0.3 is 5.32 Å². The monoisotopic (exact) mass is 171 g/mol. The van der Waals surface area contributed by atoms with E-state index in [4.69, 9.17) is 0 Å². The Morgan fingerprint density at radius 2 is 2.60 bits per heavy atom. The number of hydrogen-bond acceptors (Lipinski definition) is 3. The minimum absolute atomic E-state index is 0.238. The Morgan fingerprint density at radius 1 is 1.80 bits per heavy atom. The maximum absolute atomic E-state index is 10.6. The number of rotatable bonds is 2. The predicted molar refractivity (Wildman–Crippen MR) is 46.6 cm³/mol. The Balaban J connectivity index is 2.56. The molecule has 1 amide bonds. The lowest BCUT2D eigenvalue weighted by molar-refractivity contribution is -0.109. The first kappa shape index (κ1) is 7.37. The number of thiocarbonyl (C=S) groups is 1. The van der Waals surface area contributed by atoms with Gasteiger partial charge in [0.2, 0.25) is 0 Å². The summed E-state index contributed by atoms with van der Waals surface area (Å²) in [5.41, 5.74) is 0. The molecule has 0 saturated carbocycles. The highest BCUT2D eigenvalue weighted by Crippen LogP contribution is 2.13. The van der Waals surface area contributed by atoms with Gasteiger partial charge in [-0.3, -0.25) is 4.79 Å². The molecule has 4 heteroatoms. The van der Waals surface area contributed by atoms with Crippen molar-refractivity contribution in [2.45, 2.75) is 0 Å². The van der Waals surface area contributed by atoms with Crippen molar-refractivity contribution in [2.24, 2.45) is 0 Å². The predicted octanol–water partition coefficient (Wildman–Crippen LogP) is 1.69. The standard InChI is InChI=1S/C6H5NOS2/c8-5(4-9)7-6-2-1-3-10-6/h1-4H,(H,7,8). The van der Waals surface area contributed by atoms with Crippen LogP contribution < -0.4 is 5.32 Å². The number of carbonyl (C=O) groups excluding carboxylic acids is 1. The zero-order valence-corrected chi connectivity index (χ0v) is 6.67. The normalized spacial score (nSPS) is 8.80. The van der Waals surface area contributed by atoms with Gasteiger partial charge >= 0.3 is 0 Å². The number of nitrogens with one attached hydrogen (secondary N) is 1. The molecule has 1 rings (SSSR count). The maximum atomic E-state index is 10.6. The van der Waals surface area contributed by atoms with Crippen LogP contribution in [0.25, 0.3) is 0 Å². The molecule has 0 spiro atoms. The van der Waals surface area contributed by atoms with Crippen molar-refractivity contribution >= 4 is 39.8 Å². The van der Waals surface area contributed by atoms with E-state index in [2.05, 4.69) is 17.5 Å². The molecule has 1 aromatic rings. The van der Waals surface area contributed by atoms with Crippen molar-refractivity contribution in [2.75, 3.05) is 5.32 Å². The van der Waals surface area contributed by atoms with E-state index in [1.54, 1.807) is 0 Å². The zero-order chi connectivity index (χ0) is 7.40. The molecular formula is C6H5NOS2. The topological polar surface area (TPSA) is 29.1 Å². The lowest BCUT2D eigenvalue weighted by atomic mass is 10.6. The summed E-state index contributed by atoms with van der Waals surface area (Å²) in [5, 5.41) is 6.39. The summed E-state index contributed by atoms with van der Waals surface area (Å²) in [6, 6.07) is 3.69. The highest BCUT2D eigenvalue weighted by Gasteiger charge is 1.95. The molecule has 0 aliphatic heterocycles. The van der Waals surface area contributed by atoms with E-state index >= 15 is 0 Å². The van der Waals surface area contributed by atoms with Gasteiger partial charge in [-0.2, -0.15) is 0 Å². The number of anilines is 1. The van der Waals surface area contributed by atoms with Gasteiger partial charge in [-0.25, -0.2) is 0 Å². The van der Waals surface area contributed by atoms with Gasteiger partial charge in [0.05, 0.1) is 10.4 Å². The Morgan fingerprint density at radius 3 is 3.10 bits per heavy atom. The van der Waals surface area contributed by atoms with Crippen molar-refractivity contribution in [1.29, 1.82) is 0 Å². The SMILES string of the molecule is O=C(C=S)Nc1cccs1. The van der Waals surface area contributed by atoms with Gasteiger partial charge in [0, 0.05) is 0 Å². The molecule has 0 unspecified atom stereocenters. The summed E-state index contributed by atoms with van der Waals surface area (Å²) >= 11 is 5.88. The second-order valence-corrected chi connectivity index (χ2v) is 2.77. The number of hydrogen-bond donors (Lipinski definition) is 1. The molecule has 1 aromatic heterocycles. The minimum atomic E-state index is -0.238. The van der Waals surface area contributed by atoms with Crippen molar-refractivity contribution in [1.82, 2.24) is 0 Å². The van der Waals surface area contributed by atoms with Crippen LogP contribution >= 0.6 is 23.6 Å². The quantitative estimate of drug-likeness (QED) is 0.686. The van der Waals surface area contributed by atoms with Crippen LogP contribution in [0.5, 0.6) is 0 Å². The van der Waals surface area contributed by atoms with Crippen molar-refractivity contribution in [3.8, 4) is 0 Å². The van der Waals surface area contributed by atoms with Gasteiger partial charge in [0.25, 0.3) is 5.91 Å². The molecule has 52 valence electrons. The van der Waals surface area contributed by atoms with Crippen LogP contribution in [0.15, 0.2) is 17.5 Å². The molecule has 0 aromatic carbocycles. The average molecular weight is 171 g/mol. The van der Waals surface area contributed by atoms with E-state index in [0.29, 0.717) is 0 Å². The molecule has 0 bridgehead atoms. The Labute approximate surface area is 67.9 Å². The highest BCUT2D eigenvalue weighted by atomic mass is 32.1. The number of carbonyl (C=O) groups is 1. The highest BCUT2D eigenvalue weighted by molar-refractivity contribution is 7.80. The average Bonchev–Trinajstić information content (AvgIpc) is 2.40. The van der Waals surface area contributed by atoms with E-state index < -0.39 is 0 Å². The van der Waals surface area contributed by atoms with E-state index in [0.717, 1.165) is 10.4 Å². The fourth-order valence-corrected chi connectivity index (χ4v) is 1.18. The summed E-state index contributed by atoms with van der Waals surface area (Å²) in [6.07, 6.45) is 0. The van der Waals surface area contributed by atoms with E-state index in [-0.39, 0.29) is 5.91 Å². The van der Waals surface area contributed by atoms with Crippen LogP contribution in [0.4, 0.5) is 5.00 Å². The molecule has 0 aliphatic carbocycles. The molecule has 0 saturated heterocycles. The summed E-state index contributed by atoms with van der Waals surface area (Å²) < 4.78 is 0. The van der Waals surface area contributed by atoms with Gasteiger partial charge in [-0.15, -0.1) is 11.3 Å². The smallest absolute Gasteiger partial charge is 0.259 e. The summed E-state index contributed by atoms with van der Waals surface area (Å²) in [7, 11) is 0. The molecule has 2 nitrogen and oxygen atoms in total. The van der Waals surface area contributed by atoms with Crippen LogP contribution in [0.3, 0.4) is 0 Å². The molecule has 1 heterocycles. The van der Waals surface area contributed by atoms with Crippen LogP contribution in [-0.2, 0) is 4.79 Å².